The van der Waals surface area contributed by atoms with Gasteiger partial charge < -0.3 is 0 Å². The molecular weight excluding hydrogens is 288 g/mol. The monoisotopic (exact) mass is 312 g/mol. The number of aryl methyl sites for hydroxylation is 2. The molecule has 0 radical (unpaired) electrons. The molecule has 0 bridgehead atoms. The highest BCUT2D eigenvalue weighted by molar-refractivity contribution is 7.89. The molecule has 1 unspecified atom stereocenters. The average molecular weight is 312 g/mol. The van der Waals surface area contributed by atoms with Gasteiger partial charge in [-0.2, -0.15) is 15.1 Å². The second-order valence-corrected chi connectivity index (χ2v) is 7.75. The largest absolute Gasteiger partial charge is 0.271 e. The van der Waals surface area contributed by atoms with Crippen molar-refractivity contribution in [1.82, 2.24) is 14.5 Å². The van der Waals surface area contributed by atoms with Crippen LogP contribution in [0.1, 0.15) is 46.0 Å². The lowest BCUT2D eigenvalue weighted by molar-refractivity contribution is 0.350. The van der Waals surface area contributed by atoms with Crippen molar-refractivity contribution in [2.75, 3.05) is 0 Å². The predicted octanol–water partition coefficient (Wildman–Crippen LogP) is 1.76. The van der Waals surface area contributed by atoms with Crippen molar-refractivity contribution in [3.8, 4) is 6.07 Å². The third kappa shape index (κ3) is 3.63. The Balaban J connectivity index is 3.36. The number of hydrogen-bond acceptors (Lipinski definition) is 4. The summed E-state index contributed by atoms with van der Waals surface area (Å²) in [6, 6.07) is 1.24. The molecule has 0 spiro atoms. The minimum atomic E-state index is -3.78. The smallest absolute Gasteiger partial charge is 0.245 e. The number of nitrogens with zero attached hydrogens (tertiary/aromatic N) is 3. The first-order chi connectivity index (χ1) is 9.58. The lowest BCUT2D eigenvalue weighted by Crippen LogP contribution is -2.43. The molecule has 0 saturated carbocycles. The highest BCUT2D eigenvalue weighted by Gasteiger charge is 2.33. The fourth-order valence-corrected chi connectivity index (χ4v) is 4.06. The van der Waals surface area contributed by atoms with E-state index in [-0.39, 0.29) is 4.90 Å². The zero-order valence-corrected chi connectivity index (χ0v) is 14.4. The van der Waals surface area contributed by atoms with Gasteiger partial charge in [-0.05, 0) is 18.3 Å². The van der Waals surface area contributed by atoms with E-state index in [2.05, 4.69) is 9.82 Å². The van der Waals surface area contributed by atoms with Crippen molar-refractivity contribution in [3.05, 3.63) is 11.4 Å². The fraction of sp³-hybridized carbons (Fsp3) is 0.714. The number of aromatic nitrogens is 2. The molecule has 1 N–H and O–H groups in total. The fourth-order valence-electron chi connectivity index (χ4n) is 2.14. The summed E-state index contributed by atoms with van der Waals surface area (Å²) in [7, 11) is -2.04. The van der Waals surface area contributed by atoms with Crippen LogP contribution in [0.15, 0.2) is 4.90 Å². The lowest BCUT2D eigenvalue weighted by Gasteiger charge is -2.25. The molecule has 0 fully saturated rings. The SMILES string of the molecule is CCc1nn(C)c(CC)c1S(=O)(=O)NC(C#N)C(C)(C)C. The van der Waals surface area contributed by atoms with E-state index in [1.165, 1.54) is 0 Å². The van der Waals surface area contributed by atoms with Crippen molar-refractivity contribution in [1.29, 1.82) is 5.26 Å². The van der Waals surface area contributed by atoms with Crippen LogP contribution in [0.25, 0.3) is 0 Å². The van der Waals surface area contributed by atoms with E-state index in [9.17, 15) is 13.7 Å². The molecule has 7 heteroatoms. The molecule has 0 amide bonds. The first kappa shape index (κ1) is 17.7. The Morgan fingerprint density at radius 2 is 1.90 bits per heavy atom. The molecule has 118 valence electrons. The molecule has 1 atom stereocenters. The van der Waals surface area contributed by atoms with Crippen molar-refractivity contribution in [3.63, 3.8) is 0 Å². The molecule has 0 aliphatic carbocycles. The molecule has 1 aromatic rings. The van der Waals surface area contributed by atoms with Crippen LogP contribution in [0.5, 0.6) is 0 Å². The van der Waals surface area contributed by atoms with E-state index in [1.807, 2.05) is 40.7 Å². The van der Waals surface area contributed by atoms with Crippen LogP contribution in [0.3, 0.4) is 0 Å². The first-order valence-corrected chi connectivity index (χ1v) is 8.53. The van der Waals surface area contributed by atoms with Gasteiger partial charge in [0, 0.05) is 7.05 Å². The molecule has 1 aromatic heterocycles. The van der Waals surface area contributed by atoms with Gasteiger partial charge in [-0.25, -0.2) is 8.42 Å². The molecule has 0 saturated heterocycles. The molecule has 1 heterocycles. The predicted molar refractivity (Wildman–Crippen MR) is 81.1 cm³/mol. The molecule has 21 heavy (non-hydrogen) atoms. The van der Waals surface area contributed by atoms with Gasteiger partial charge in [-0.1, -0.05) is 34.6 Å². The van der Waals surface area contributed by atoms with E-state index in [1.54, 1.807) is 11.7 Å². The Labute approximate surface area is 127 Å². The maximum Gasteiger partial charge on any atom is 0.245 e. The van der Waals surface area contributed by atoms with Crippen molar-refractivity contribution >= 4 is 10.0 Å². The zero-order chi connectivity index (χ0) is 16.4. The topological polar surface area (TPSA) is 87.8 Å². The maximum atomic E-state index is 12.7. The van der Waals surface area contributed by atoms with Gasteiger partial charge in [0.25, 0.3) is 0 Å². The standard InChI is InChI=1S/C14H24N4O2S/c1-7-10-13(11(8-2)18(6)16-10)21(19,20)17-12(9-15)14(3,4)5/h12,17H,7-8H2,1-6H3. The van der Waals surface area contributed by atoms with E-state index in [4.69, 9.17) is 0 Å². The van der Waals surface area contributed by atoms with Gasteiger partial charge >= 0.3 is 0 Å². The van der Waals surface area contributed by atoms with Crippen LogP contribution < -0.4 is 4.72 Å². The minimum Gasteiger partial charge on any atom is -0.271 e. The maximum absolute atomic E-state index is 12.7. The summed E-state index contributed by atoms with van der Waals surface area (Å²) in [4.78, 5) is 0.222. The van der Waals surface area contributed by atoms with Crippen LogP contribution in [0.4, 0.5) is 0 Å². The van der Waals surface area contributed by atoms with Crippen molar-refractivity contribution in [2.45, 2.75) is 58.4 Å². The summed E-state index contributed by atoms with van der Waals surface area (Å²) in [6.45, 7) is 9.24. The third-order valence-electron chi connectivity index (χ3n) is 3.39. The summed E-state index contributed by atoms with van der Waals surface area (Å²) in [6.07, 6.45) is 1.09. The van der Waals surface area contributed by atoms with Crippen molar-refractivity contribution in [2.24, 2.45) is 12.5 Å². The number of rotatable bonds is 5. The van der Waals surface area contributed by atoms with Gasteiger partial charge in [0.05, 0.1) is 17.5 Å². The van der Waals surface area contributed by atoms with E-state index in [0.29, 0.717) is 24.2 Å². The summed E-state index contributed by atoms with van der Waals surface area (Å²) in [5.74, 6) is 0. The third-order valence-corrected chi connectivity index (χ3v) is 4.95. The Bertz CT molecular complexity index is 648. The normalized spacial score (nSPS) is 14.0. The number of hydrogen-bond donors (Lipinski definition) is 1. The van der Waals surface area contributed by atoms with Crippen LogP contribution in [-0.2, 0) is 29.9 Å². The summed E-state index contributed by atoms with van der Waals surface area (Å²) in [5.41, 5.74) is 0.709. The molecule has 0 aromatic carbocycles. The second kappa shape index (κ2) is 6.16. The van der Waals surface area contributed by atoms with E-state index >= 15 is 0 Å². The highest BCUT2D eigenvalue weighted by Crippen LogP contribution is 2.25. The zero-order valence-electron chi connectivity index (χ0n) is 13.6. The van der Waals surface area contributed by atoms with E-state index in [0.717, 1.165) is 0 Å². The van der Waals surface area contributed by atoms with Crippen molar-refractivity contribution < 1.29 is 8.42 Å². The Hall–Kier alpha value is -1.39. The van der Waals surface area contributed by atoms with E-state index < -0.39 is 21.5 Å². The molecule has 1 rings (SSSR count). The average Bonchev–Trinajstić information content (AvgIpc) is 2.71. The minimum absolute atomic E-state index is 0.222. The second-order valence-electron chi connectivity index (χ2n) is 6.10. The summed E-state index contributed by atoms with van der Waals surface area (Å²) in [5, 5.41) is 13.5. The number of nitriles is 1. The summed E-state index contributed by atoms with van der Waals surface area (Å²) >= 11 is 0. The van der Waals surface area contributed by atoms with Gasteiger partial charge in [-0.3, -0.25) is 4.68 Å². The molecule has 6 nitrogen and oxygen atoms in total. The van der Waals surface area contributed by atoms with Crippen LogP contribution in [-0.4, -0.2) is 24.2 Å². The van der Waals surface area contributed by atoms with Gasteiger partial charge in [0.2, 0.25) is 10.0 Å². The van der Waals surface area contributed by atoms with Gasteiger partial charge in [0.1, 0.15) is 10.9 Å². The van der Waals surface area contributed by atoms with Crippen LogP contribution in [0, 0.1) is 16.7 Å². The Kier molecular flexibility index (Phi) is 5.18. The first-order valence-electron chi connectivity index (χ1n) is 7.05. The lowest BCUT2D eigenvalue weighted by atomic mass is 9.88. The molecule has 0 aliphatic rings. The number of nitrogens with one attached hydrogen (secondary N) is 1. The number of sulfonamides is 1. The highest BCUT2D eigenvalue weighted by atomic mass is 32.2. The van der Waals surface area contributed by atoms with Gasteiger partial charge in [-0.15, -0.1) is 0 Å². The van der Waals surface area contributed by atoms with Gasteiger partial charge in [0.15, 0.2) is 0 Å². The summed E-state index contributed by atoms with van der Waals surface area (Å²) < 4.78 is 29.5. The quantitative estimate of drug-likeness (QED) is 0.897. The van der Waals surface area contributed by atoms with Crippen LogP contribution >= 0.6 is 0 Å². The van der Waals surface area contributed by atoms with Crippen LogP contribution in [0.2, 0.25) is 0 Å². The molecular formula is C14H24N4O2S. The molecule has 0 aliphatic heterocycles. The Morgan fingerprint density at radius 3 is 2.29 bits per heavy atom. The Morgan fingerprint density at radius 1 is 1.33 bits per heavy atom.